The molecule has 0 bridgehead atoms. The van der Waals surface area contributed by atoms with Crippen LogP contribution in [0.15, 0.2) is 12.3 Å². The number of nitrogens with zero attached hydrogens (tertiary/aromatic N) is 3. The summed E-state index contributed by atoms with van der Waals surface area (Å²) in [5.41, 5.74) is 5.34. The minimum absolute atomic E-state index is 0.0393. The van der Waals surface area contributed by atoms with Gasteiger partial charge >= 0.3 is 6.09 Å². The Hall–Kier alpha value is -3.11. The number of piperidine rings is 1. The zero-order valence-electron chi connectivity index (χ0n) is 24.4. The molecule has 0 spiro atoms. The van der Waals surface area contributed by atoms with Crippen LogP contribution < -0.4 is 16.4 Å². The number of alkyl carbamates (subject to hydrolysis) is 1. The molecule has 1 saturated carbocycles. The van der Waals surface area contributed by atoms with E-state index in [1.165, 1.54) is 0 Å². The Kier molecular flexibility index (Phi) is 7.27. The first-order valence-corrected chi connectivity index (χ1v) is 13.8. The summed E-state index contributed by atoms with van der Waals surface area (Å²) in [6.07, 6.45) is 3.04. The molecule has 2 aliphatic heterocycles. The lowest BCUT2D eigenvalue weighted by molar-refractivity contribution is -0.144. The third-order valence-corrected chi connectivity index (χ3v) is 8.53. The van der Waals surface area contributed by atoms with Crippen LogP contribution in [-0.4, -0.2) is 68.8 Å². The van der Waals surface area contributed by atoms with Crippen LogP contribution in [-0.2, 0) is 25.5 Å². The van der Waals surface area contributed by atoms with Crippen molar-refractivity contribution in [2.75, 3.05) is 6.54 Å². The molecule has 11 heteroatoms. The first-order chi connectivity index (χ1) is 17.9. The standard InChI is InChI=1S/C28H44N6O5/c1-26(2,3)21(32-25(38)39-27(4,5)6)24(37)33-14-17-19(28(17,7)8)20(33)23(36)31-18(22(29)35)13-16-10-9-15-11-12-30-34(15)16/h11-12,16-21H,9-10,13-14H2,1-8H3,(H2,29,35)(H,31,36)(H,32,38)/t16?,17-,18?,19-,20-,21+/m0/s1. The highest BCUT2D eigenvalue weighted by Gasteiger charge is 2.70. The number of carbonyl (C=O) groups is 4. The van der Waals surface area contributed by atoms with Crippen LogP contribution in [0.25, 0.3) is 0 Å². The molecule has 2 unspecified atom stereocenters. The van der Waals surface area contributed by atoms with E-state index >= 15 is 0 Å². The summed E-state index contributed by atoms with van der Waals surface area (Å²) in [4.78, 5) is 54.4. The van der Waals surface area contributed by atoms with Crippen molar-refractivity contribution >= 4 is 23.8 Å². The Labute approximate surface area is 230 Å². The molecule has 6 atom stereocenters. The molecule has 11 nitrogen and oxygen atoms in total. The molecule has 2 fully saturated rings. The fourth-order valence-electron chi connectivity index (χ4n) is 6.35. The smallest absolute Gasteiger partial charge is 0.408 e. The summed E-state index contributed by atoms with van der Waals surface area (Å²) in [5, 5.41) is 9.99. The number of hydrogen-bond acceptors (Lipinski definition) is 6. The van der Waals surface area contributed by atoms with E-state index in [0.717, 1.165) is 18.5 Å². The zero-order chi connectivity index (χ0) is 29.1. The largest absolute Gasteiger partial charge is 0.444 e. The summed E-state index contributed by atoms with van der Waals surface area (Å²) in [6, 6.07) is -0.664. The molecular formula is C28H44N6O5. The molecule has 4 rings (SSSR count). The Balaban J connectivity index is 1.53. The van der Waals surface area contributed by atoms with Crippen LogP contribution in [0.2, 0.25) is 0 Å². The van der Waals surface area contributed by atoms with Crippen molar-refractivity contribution in [2.45, 2.75) is 104 Å². The number of hydrogen-bond donors (Lipinski definition) is 3. The maximum atomic E-state index is 14.0. The van der Waals surface area contributed by atoms with Gasteiger partial charge < -0.3 is 26.0 Å². The molecule has 1 aromatic rings. The first kappa shape index (κ1) is 28.9. The van der Waals surface area contributed by atoms with Crippen LogP contribution >= 0.6 is 0 Å². The molecule has 1 aliphatic carbocycles. The number of primary amides is 1. The predicted octanol–water partition coefficient (Wildman–Crippen LogP) is 2.15. The first-order valence-electron chi connectivity index (χ1n) is 13.8. The van der Waals surface area contributed by atoms with Crippen molar-refractivity contribution in [3.63, 3.8) is 0 Å². The van der Waals surface area contributed by atoms with Gasteiger partial charge in [-0.05, 0) is 68.8 Å². The van der Waals surface area contributed by atoms with E-state index in [1.807, 2.05) is 31.5 Å². The number of rotatable bonds is 7. The van der Waals surface area contributed by atoms with Crippen molar-refractivity contribution < 1.29 is 23.9 Å². The third-order valence-electron chi connectivity index (χ3n) is 8.53. The molecule has 1 saturated heterocycles. The highest BCUT2D eigenvalue weighted by Crippen LogP contribution is 2.65. The number of ether oxygens (including phenoxy) is 1. The molecule has 3 heterocycles. The minimum Gasteiger partial charge on any atom is -0.444 e. The zero-order valence-corrected chi connectivity index (χ0v) is 24.4. The average molecular weight is 545 g/mol. The summed E-state index contributed by atoms with van der Waals surface area (Å²) in [5.74, 6) is -1.27. The lowest BCUT2D eigenvalue weighted by Crippen LogP contribution is -2.60. The number of amides is 4. The van der Waals surface area contributed by atoms with Crippen LogP contribution in [0.5, 0.6) is 0 Å². The van der Waals surface area contributed by atoms with Crippen LogP contribution in [0.1, 0.15) is 80.0 Å². The lowest BCUT2D eigenvalue weighted by atomic mass is 9.85. The number of aryl methyl sites for hydroxylation is 1. The fourth-order valence-corrected chi connectivity index (χ4v) is 6.35. The molecule has 39 heavy (non-hydrogen) atoms. The van der Waals surface area contributed by atoms with Crippen molar-refractivity contribution in [3.05, 3.63) is 18.0 Å². The molecule has 0 radical (unpaired) electrons. The Morgan fingerprint density at radius 2 is 1.82 bits per heavy atom. The van der Waals surface area contributed by atoms with Crippen LogP contribution in [0.4, 0.5) is 4.79 Å². The fraction of sp³-hybridized carbons (Fsp3) is 0.750. The van der Waals surface area contributed by atoms with E-state index in [4.69, 9.17) is 10.5 Å². The van der Waals surface area contributed by atoms with E-state index in [2.05, 4.69) is 29.6 Å². The second-order valence-electron chi connectivity index (χ2n) is 14.0. The molecule has 1 aromatic heterocycles. The van der Waals surface area contributed by atoms with E-state index in [0.29, 0.717) is 13.0 Å². The van der Waals surface area contributed by atoms with Gasteiger partial charge in [0, 0.05) is 18.4 Å². The molecule has 3 aliphatic rings. The van der Waals surface area contributed by atoms with E-state index in [1.54, 1.807) is 31.9 Å². The Morgan fingerprint density at radius 1 is 1.15 bits per heavy atom. The van der Waals surface area contributed by atoms with Crippen LogP contribution in [0.3, 0.4) is 0 Å². The second kappa shape index (κ2) is 9.82. The normalized spacial score (nSPS) is 26.7. The number of fused-ring (bicyclic) bond motifs is 2. The molecule has 4 amide bonds. The van der Waals surface area contributed by atoms with Gasteiger partial charge in [-0.25, -0.2) is 4.79 Å². The molecular weight excluding hydrogens is 500 g/mol. The molecule has 0 aromatic carbocycles. The number of carbonyl (C=O) groups excluding carboxylic acids is 4. The molecule has 216 valence electrons. The van der Waals surface area contributed by atoms with E-state index < -0.39 is 47.0 Å². The highest BCUT2D eigenvalue weighted by molar-refractivity contribution is 5.95. The minimum atomic E-state index is -0.910. The van der Waals surface area contributed by atoms with Crippen molar-refractivity contribution in [1.29, 1.82) is 0 Å². The number of aromatic nitrogens is 2. The summed E-state index contributed by atoms with van der Waals surface area (Å²) in [7, 11) is 0. The van der Waals surface area contributed by atoms with E-state index in [9.17, 15) is 19.2 Å². The third kappa shape index (κ3) is 5.77. The lowest BCUT2D eigenvalue weighted by Gasteiger charge is -2.38. The monoisotopic (exact) mass is 544 g/mol. The second-order valence-corrected chi connectivity index (χ2v) is 14.0. The maximum absolute atomic E-state index is 14.0. The topological polar surface area (TPSA) is 149 Å². The Bertz CT molecular complexity index is 1150. The van der Waals surface area contributed by atoms with Gasteiger partial charge in [0.1, 0.15) is 23.7 Å². The number of nitrogens with one attached hydrogen (secondary N) is 2. The average Bonchev–Trinajstić information content (AvgIpc) is 3.29. The van der Waals surface area contributed by atoms with Crippen molar-refractivity contribution in [2.24, 2.45) is 28.4 Å². The summed E-state index contributed by atoms with van der Waals surface area (Å²) >= 11 is 0. The van der Waals surface area contributed by atoms with Gasteiger partial charge in [0.05, 0.1) is 6.04 Å². The predicted molar refractivity (Wildman–Crippen MR) is 144 cm³/mol. The quantitative estimate of drug-likeness (QED) is 0.479. The van der Waals surface area contributed by atoms with Gasteiger partial charge in [-0.2, -0.15) is 5.10 Å². The summed E-state index contributed by atoms with van der Waals surface area (Å²) < 4.78 is 7.31. The number of likely N-dealkylation sites (tertiary alicyclic amines) is 1. The van der Waals surface area contributed by atoms with Crippen LogP contribution in [0, 0.1) is 22.7 Å². The Morgan fingerprint density at radius 3 is 2.41 bits per heavy atom. The van der Waals surface area contributed by atoms with Gasteiger partial charge in [-0.3, -0.25) is 19.1 Å². The van der Waals surface area contributed by atoms with Crippen molar-refractivity contribution in [1.82, 2.24) is 25.3 Å². The van der Waals surface area contributed by atoms with Gasteiger partial charge in [-0.1, -0.05) is 34.6 Å². The number of nitrogens with two attached hydrogens (primary N) is 1. The molecule has 4 N–H and O–H groups in total. The maximum Gasteiger partial charge on any atom is 0.408 e. The van der Waals surface area contributed by atoms with Gasteiger partial charge in [0.15, 0.2) is 0 Å². The summed E-state index contributed by atoms with van der Waals surface area (Å²) in [6.45, 7) is 15.4. The van der Waals surface area contributed by atoms with Crippen molar-refractivity contribution in [3.8, 4) is 0 Å². The highest BCUT2D eigenvalue weighted by atomic mass is 16.6. The van der Waals surface area contributed by atoms with Gasteiger partial charge in [0.25, 0.3) is 0 Å². The van der Waals surface area contributed by atoms with Gasteiger partial charge in [-0.15, -0.1) is 0 Å². The van der Waals surface area contributed by atoms with E-state index in [-0.39, 0.29) is 29.2 Å². The van der Waals surface area contributed by atoms with Gasteiger partial charge in [0.2, 0.25) is 17.7 Å². The SMILES string of the molecule is CC(C)(C)OC(=O)N[C@H](C(=O)N1C[C@H]2[C@@H]([C@H]1C(=O)NC(CC1CCc3ccnn31)C(N)=O)C2(C)C)C(C)(C)C.